The Morgan fingerprint density at radius 1 is 1.10 bits per heavy atom. The molecule has 0 bridgehead atoms. The third-order valence-corrected chi connectivity index (χ3v) is 6.72. The summed E-state index contributed by atoms with van der Waals surface area (Å²) in [4.78, 5) is 16.4. The normalized spacial score (nSPS) is 11.9. The molecule has 0 aliphatic rings. The summed E-state index contributed by atoms with van der Waals surface area (Å²) in [6, 6.07) is 10.6. The number of pyridine rings is 1. The van der Waals surface area contributed by atoms with Crippen molar-refractivity contribution in [1.82, 2.24) is 4.98 Å². The van der Waals surface area contributed by atoms with Crippen LogP contribution < -0.4 is 4.74 Å². The maximum absolute atomic E-state index is 12.2. The quantitative estimate of drug-likeness (QED) is 0.199. The van der Waals surface area contributed by atoms with Crippen LogP contribution in [0.4, 0.5) is 0 Å². The van der Waals surface area contributed by atoms with Crippen molar-refractivity contribution in [2.45, 2.75) is 58.2 Å². The van der Waals surface area contributed by atoms with Crippen molar-refractivity contribution in [3.05, 3.63) is 59.4 Å². The molecule has 1 aromatic carbocycles. The first-order valence-corrected chi connectivity index (χ1v) is 14.2. The molecule has 0 unspecified atom stereocenters. The van der Waals surface area contributed by atoms with Crippen LogP contribution in [0.1, 0.15) is 30.5 Å². The zero-order chi connectivity index (χ0) is 22.9. The van der Waals surface area contributed by atoms with Gasteiger partial charge >= 0.3 is 5.97 Å². The van der Waals surface area contributed by atoms with Gasteiger partial charge in [-0.3, -0.25) is 9.78 Å². The molecule has 0 N–H and O–H groups in total. The number of ether oxygens (including phenoxy) is 4. The molecule has 0 saturated heterocycles. The lowest BCUT2D eigenvalue weighted by atomic mass is 9.84. The van der Waals surface area contributed by atoms with E-state index < -0.39 is 13.5 Å². The van der Waals surface area contributed by atoms with E-state index in [1.54, 1.807) is 12.4 Å². The number of nitrogens with zero attached hydrogens (tertiary/aromatic N) is 1. The monoisotopic (exact) mass is 445 g/mol. The van der Waals surface area contributed by atoms with Gasteiger partial charge in [-0.05, 0) is 43.7 Å². The van der Waals surface area contributed by atoms with Gasteiger partial charge < -0.3 is 18.9 Å². The zero-order valence-corrected chi connectivity index (χ0v) is 20.6. The molecule has 1 heterocycles. The molecule has 0 radical (unpaired) electrons. The minimum absolute atomic E-state index is 0.219. The molecule has 7 heteroatoms. The minimum Gasteiger partial charge on any atom is -0.488 e. The second kappa shape index (κ2) is 11.4. The molecule has 0 spiro atoms. The van der Waals surface area contributed by atoms with E-state index in [1.165, 1.54) is 7.11 Å². The number of esters is 1. The lowest BCUT2D eigenvalue weighted by Crippen LogP contribution is -2.30. The van der Waals surface area contributed by atoms with Crippen molar-refractivity contribution in [3.63, 3.8) is 0 Å². The number of carbonyl (C=O) groups is 1. The molecule has 0 fully saturated rings. The Bertz CT molecular complexity index is 834. The van der Waals surface area contributed by atoms with Crippen LogP contribution >= 0.6 is 0 Å². The zero-order valence-electron chi connectivity index (χ0n) is 19.6. The highest BCUT2D eigenvalue weighted by Crippen LogP contribution is 2.30. The Morgan fingerprint density at radius 3 is 2.52 bits per heavy atom. The van der Waals surface area contributed by atoms with Crippen molar-refractivity contribution in [1.29, 1.82) is 0 Å². The van der Waals surface area contributed by atoms with Gasteiger partial charge in [-0.2, -0.15) is 0 Å². The van der Waals surface area contributed by atoms with E-state index >= 15 is 0 Å². The lowest BCUT2D eigenvalue weighted by molar-refractivity contribution is -0.146. The van der Waals surface area contributed by atoms with E-state index in [1.807, 2.05) is 44.2 Å². The van der Waals surface area contributed by atoms with Gasteiger partial charge in [0.15, 0.2) is 0 Å². The highest BCUT2D eigenvalue weighted by Gasteiger charge is 2.31. The second-order valence-corrected chi connectivity index (χ2v) is 14.9. The number of rotatable bonds is 12. The number of carbonyl (C=O) groups excluding carboxylic acids is 1. The minimum atomic E-state index is -1.13. The fraction of sp³-hybridized carbons (Fsp3) is 0.500. The van der Waals surface area contributed by atoms with Gasteiger partial charge in [0, 0.05) is 38.2 Å². The fourth-order valence-electron chi connectivity index (χ4n) is 2.89. The maximum Gasteiger partial charge on any atom is 0.315 e. The van der Waals surface area contributed by atoms with E-state index in [0.29, 0.717) is 25.6 Å². The fourth-order valence-corrected chi connectivity index (χ4v) is 3.64. The SMILES string of the molecule is COC(=O)C(C)(C)c1ccc(OCc2cccnc2)c(COCOCC[Si](C)(C)C)c1. The maximum atomic E-state index is 12.2. The summed E-state index contributed by atoms with van der Waals surface area (Å²) >= 11 is 0. The lowest BCUT2D eigenvalue weighted by Gasteiger charge is -2.23. The van der Waals surface area contributed by atoms with Crippen LogP contribution in [0.2, 0.25) is 25.7 Å². The Morgan fingerprint density at radius 2 is 1.87 bits per heavy atom. The van der Waals surface area contributed by atoms with Gasteiger partial charge in [0.05, 0.1) is 19.1 Å². The largest absolute Gasteiger partial charge is 0.488 e. The van der Waals surface area contributed by atoms with E-state index in [2.05, 4.69) is 24.6 Å². The van der Waals surface area contributed by atoms with Crippen molar-refractivity contribution in [2.75, 3.05) is 20.5 Å². The molecule has 1 aromatic heterocycles. The van der Waals surface area contributed by atoms with Crippen LogP contribution in [0.5, 0.6) is 5.75 Å². The molecular weight excluding hydrogens is 410 g/mol. The predicted octanol–water partition coefficient (Wildman–Crippen LogP) is 4.94. The number of benzene rings is 1. The average Bonchev–Trinajstić information content (AvgIpc) is 2.74. The van der Waals surface area contributed by atoms with Gasteiger partial charge in [0.25, 0.3) is 0 Å². The van der Waals surface area contributed by atoms with E-state index in [0.717, 1.165) is 22.7 Å². The summed E-state index contributed by atoms with van der Waals surface area (Å²) < 4.78 is 22.4. The van der Waals surface area contributed by atoms with Crippen molar-refractivity contribution >= 4 is 14.0 Å². The second-order valence-electron chi connectivity index (χ2n) is 9.27. The third-order valence-electron chi connectivity index (χ3n) is 5.02. The highest BCUT2D eigenvalue weighted by atomic mass is 28.3. The Balaban J connectivity index is 2.09. The first-order chi connectivity index (χ1) is 14.6. The van der Waals surface area contributed by atoms with Crippen molar-refractivity contribution < 1.29 is 23.7 Å². The van der Waals surface area contributed by atoms with Crippen LogP contribution in [0.15, 0.2) is 42.7 Å². The van der Waals surface area contributed by atoms with Crippen LogP contribution in [0.25, 0.3) is 0 Å². The van der Waals surface area contributed by atoms with E-state index in [-0.39, 0.29) is 12.8 Å². The molecule has 0 amide bonds. The van der Waals surface area contributed by atoms with E-state index in [9.17, 15) is 4.79 Å². The molecule has 31 heavy (non-hydrogen) atoms. The van der Waals surface area contributed by atoms with Crippen molar-refractivity contribution in [3.8, 4) is 5.75 Å². The number of aromatic nitrogens is 1. The molecule has 0 aliphatic carbocycles. The number of hydrogen-bond acceptors (Lipinski definition) is 6. The van der Waals surface area contributed by atoms with Crippen LogP contribution in [0.3, 0.4) is 0 Å². The number of methoxy groups -OCH3 is 1. The Hall–Kier alpha value is -2.22. The molecule has 2 aromatic rings. The summed E-state index contributed by atoms with van der Waals surface area (Å²) in [6.07, 6.45) is 3.51. The first kappa shape index (κ1) is 25.0. The smallest absolute Gasteiger partial charge is 0.315 e. The predicted molar refractivity (Wildman–Crippen MR) is 124 cm³/mol. The topological polar surface area (TPSA) is 66.9 Å². The molecule has 0 saturated carbocycles. The standard InChI is InChI=1S/C24H35NO5Si/c1-24(2,23(26)27-3)21-9-10-22(30-16-19-8-7-11-25-15-19)20(14-21)17-29-18-28-12-13-31(4,5)6/h7-11,14-15H,12-13,16-18H2,1-6H3. The Kier molecular flexibility index (Phi) is 9.22. The van der Waals surface area contributed by atoms with Crippen LogP contribution in [-0.4, -0.2) is 39.5 Å². The van der Waals surface area contributed by atoms with Gasteiger partial charge in [-0.25, -0.2) is 0 Å². The van der Waals surface area contributed by atoms with Gasteiger partial charge in [0.2, 0.25) is 0 Å². The van der Waals surface area contributed by atoms with Crippen molar-refractivity contribution in [2.24, 2.45) is 0 Å². The number of hydrogen-bond donors (Lipinski definition) is 0. The molecule has 6 nitrogen and oxygen atoms in total. The molecule has 0 aliphatic heterocycles. The molecular formula is C24H35NO5Si. The first-order valence-electron chi connectivity index (χ1n) is 10.5. The van der Waals surface area contributed by atoms with E-state index in [4.69, 9.17) is 18.9 Å². The molecule has 0 atom stereocenters. The van der Waals surface area contributed by atoms with Gasteiger partial charge in [-0.1, -0.05) is 31.8 Å². The Labute approximate surface area is 186 Å². The summed E-state index contributed by atoms with van der Waals surface area (Å²) in [5.74, 6) is 0.411. The van der Waals surface area contributed by atoms with Gasteiger partial charge in [-0.15, -0.1) is 0 Å². The van der Waals surface area contributed by atoms with Crippen LogP contribution in [0, 0.1) is 0 Å². The average molecular weight is 446 g/mol. The summed E-state index contributed by atoms with van der Waals surface area (Å²) in [6.45, 7) is 12.3. The summed E-state index contributed by atoms with van der Waals surface area (Å²) in [5.41, 5.74) is 1.89. The third kappa shape index (κ3) is 8.09. The molecule has 170 valence electrons. The van der Waals surface area contributed by atoms with Gasteiger partial charge in [0.1, 0.15) is 19.1 Å². The summed E-state index contributed by atoms with van der Waals surface area (Å²) in [7, 11) is 0.274. The van der Waals surface area contributed by atoms with Crippen LogP contribution in [-0.2, 0) is 37.6 Å². The highest BCUT2D eigenvalue weighted by molar-refractivity contribution is 6.76. The summed E-state index contributed by atoms with van der Waals surface area (Å²) in [5, 5.41) is 0. The molecule has 2 rings (SSSR count).